The van der Waals surface area contributed by atoms with E-state index >= 15 is 0 Å². The number of benzene rings is 3. The van der Waals surface area contributed by atoms with Gasteiger partial charge in [-0.3, -0.25) is 14.4 Å². The zero-order valence-electron chi connectivity index (χ0n) is 22.4. The summed E-state index contributed by atoms with van der Waals surface area (Å²) >= 11 is 6.20. The van der Waals surface area contributed by atoms with Gasteiger partial charge in [0.05, 0.1) is 23.3 Å². The van der Waals surface area contributed by atoms with Crippen LogP contribution in [0.2, 0.25) is 5.02 Å². The third-order valence-electron chi connectivity index (χ3n) is 6.90. The summed E-state index contributed by atoms with van der Waals surface area (Å²) in [6.07, 6.45) is 0. The summed E-state index contributed by atoms with van der Waals surface area (Å²) in [7, 11) is 1.59. The summed E-state index contributed by atoms with van der Waals surface area (Å²) in [6, 6.07) is 19.3. The molecule has 4 rings (SSSR count). The van der Waals surface area contributed by atoms with Gasteiger partial charge in [0, 0.05) is 56.2 Å². The molecule has 0 spiro atoms. The first-order chi connectivity index (χ1) is 18.9. The van der Waals surface area contributed by atoms with Crippen molar-refractivity contribution in [2.45, 2.75) is 13.8 Å². The van der Waals surface area contributed by atoms with Crippen LogP contribution in [-0.2, 0) is 0 Å². The molecule has 0 aliphatic carbocycles. The van der Waals surface area contributed by atoms with Crippen molar-refractivity contribution >= 4 is 40.7 Å². The Hall–Kier alpha value is -4.04. The van der Waals surface area contributed by atoms with Gasteiger partial charge in [-0.15, -0.1) is 0 Å². The zero-order valence-corrected chi connectivity index (χ0v) is 23.2. The topological polar surface area (TPSA) is 82.2 Å². The number of nitrogens with one attached hydrogen (secondary N) is 1. The molecule has 1 aliphatic rings. The fraction of sp³-hybridized carbons (Fsp3) is 0.300. The molecule has 0 bridgehead atoms. The van der Waals surface area contributed by atoms with Gasteiger partial charge in [-0.05, 0) is 68.4 Å². The van der Waals surface area contributed by atoms with E-state index < -0.39 is 0 Å². The molecule has 204 valence electrons. The number of amides is 3. The van der Waals surface area contributed by atoms with Crippen molar-refractivity contribution in [2.24, 2.45) is 0 Å². The SMILES string of the molecule is CCN(CC)C(=O)c1cc(NC(=O)c2ccccc2Cl)ccc1N1CCN(C(=O)c2ccc(OC)cc2)CC1. The Bertz CT molecular complexity index is 1330. The molecule has 3 aromatic carbocycles. The van der Waals surface area contributed by atoms with Gasteiger partial charge in [-0.25, -0.2) is 0 Å². The second-order valence-electron chi connectivity index (χ2n) is 9.15. The zero-order chi connectivity index (χ0) is 27.9. The van der Waals surface area contributed by atoms with Crippen LogP contribution in [0.1, 0.15) is 44.9 Å². The number of rotatable bonds is 8. The van der Waals surface area contributed by atoms with Gasteiger partial charge >= 0.3 is 0 Å². The largest absolute Gasteiger partial charge is 0.497 e. The van der Waals surface area contributed by atoms with Crippen LogP contribution in [0.15, 0.2) is 66.7 Å². The summed E-state index contributed by atoms with van der Waals surface area (Å²) in [6.45, 7) is 7.20. The maximum atomic E-state index is 13.5. The van der Waals surface area contributed by atoms with Crippen LogP contribution in [0.3, 0.4) is 0 Å². The molecule has 8 nitrogen and oxygen atoms in total. The molecule has 3 amide bonds. The van der Waals surface area contributed by atoms with Crippen molar-refractivity contribution in [1.29, 1.82) is 0 Å². The van der Waals surface area contributed by atoms with E-state index in [0.717, 1.165) is 5.69 Å². The Kier molecular flexibility index (Phi) is 9.09. The van der Waals surface area contributed by atoms with E-state index in [2.05, 4.69) is 10.2 Å². The molecule has 3 aromatic rings. The van der Waals surface area contributed by atoms with Crippen LogP contribution in [0.25, 0.3) is 0 Å². The monoisotopic (exact) mass is 548 g/mol. The second-order valence-corrected chi connectivity index (χ2v) is 9.56. The quantitative estimate of drug-likeness (QED) is 0.426. The number of nitrogens with zero attached hydrogens (tertiary/aromatic N) is 3. The highest BCUT2D eigenvalue weighted by atomic mass is 35.5. The van der Waals surface area contributed by atoms with Crippen LogP contribution in [-0.4, -0.2) is 73.9 Å². The number of ether oxygens (including phenoxy) is 1. The number of hydrogen-bond acceptors (Lipinski definition) is 5. The summed E-state index contributed by atoms with van der Waals surface area (Å²) in [5.41, 5.74) is 2.76. The van der Waals surface area contributed by atoms with Crippen molar-refractivity contribution in [3.05, 3.63) is 88.4 Å². The highest BCUT2D eigenvalue weighted by molar-refractivity contribution is 6.34. The lowest BCUT2D eigenvalue weighted by atomic mass is 10.1. The highest BCUT2D eigenvalue weighted by Crippen LogP contribution is 2.28. The van der Waals surface area contributed by atoms with Crippen LogP contribution in [0, 0.1) is 0 Å². The van der Waals surface area contributed by atoms with Crippen molar-refractivity contribution in [3.63, 3.8) is 0 Å². The first-order valence-electron chi connectivity index (χ1n) is 13.0. The van der Waals surface area contributed by atoms with Crippen LogP contribution in [0.4, 0.5) is 11.4 Å². The molecular formula is C30H33ClN4O4. The van der Waals surface area contributed by atoms with Crippen LogP contribution >= 0.6 is 11.6 Å². The van der Waals surface area contributed by atoms with E-state index in [4.69, 9.17) is 16.3 Å². The number of hydrogen-bond donors (Lipinski definition) is 1. The average Bonchev–Trinajstić information content (AvgIpc) is 2.97. The van der Waals surface area contributed by atoms with E-state index in [9.17, 15) is 14.4 Å². The smallest absolute Gasteiger partial charge is 0.257 e. The molecule has 1 heterocycles. The van der Waals surface area contributed by atoms with Gasteiger partial charge in [0.15, 0.2) is 0 Å². The lowest BCUT2D eigenvalue weighted by molar-refractivity contribution is 0.0740. The Morgan fingerprint density at radius 2 is 1.56 bits per heavy atom. The second kappa shape index (κ2) is 12.7. The Balaban J connectivity index is 1.54. The fourth-order valence-electron chi connectivity index (χ4n) is 4.65. The van der Waals surface area contributed by atoms with E-state index in [1.807, 2.05) is 24.8 Å². The molecule has 0 atom stereocenters. The summed E-state index contributed by atoms with van der Waals surface area (Å²) in [4.78, 5) is 45.1. The maximum Gasteiger partial charge on any atom is 0.257 e. The number of methoxy groups -OCH3 is 1. The molecule has 0 saturated carbocycles. The predicted molar refractivity (Wildman–Crippen MR) is 154 cm³/mol. The van der Waals surface area contributed by atoms with Crippen molar-refractivity contribution in [2.75, 3.05) is 56.6 Å². The van der Waals surface area contributed by atoms with Crippen molar-refractivity contribution in [3.8, 4) is 5.75 Å². The predicted octanol–water partition coefficient (Wildman–Crippen LogP) is 5.05. The lowest BCUT2D eigenvalue weighted by Gasteiger charge is -2.37. The minimum absolute atomic E-state index is 0.0330. The standard InChI is InChI=1S/C30H33ClN4O4/c1-4-33(5-2)30(38)25-20-22(32-28(36)24-8-6-7-9-26(24)31)12-15-27(25)34-16-18-35(19-17-34)29(37)21-10-13-23(39-3)14-11-21/h6-15,20H,4-5,16-19H2,1-3H3,(H,32,36). The number of halogens is 1. The Morgan fingerprint density at radius 1 is 0.897 bits per heavy atom. The minimum Gasteiger partial charge on any atom is -0.497 e. The molecule has 1 N–H and O–H groups in total. The minimum atomic E-state index is -0.347. The lowest BCUT2D eigenvalue weighted by Crippen LogP contribution is -2.49. The van der Waals surface area contributed by atoms with E-state index in [0.29, 0.717) is 72.4 Å². The van der Waals surface area contributed by atoms with Crippen LogP contribution < -0.4 is 15.0 Å². The first-order valence-corrected chi connectivity index (χ1v) is 13.4. The molecule has 1 aliphatic heterocycles. The highest BCUT2D eigenvalue weighted by Gasteiger charge is 2.26. The van der Waals surface area contributed by atoms with Gasteiger partial charge < -0.3 is 24.8 Å². The average molecular weight is 549 g/mol. The normalized spacial score (nSPS) is 13.1. The number of carbonyl (C=O) groups is 3. The molecular weight excluding hydrogens is 516 g/mol. The van der Waals surface area contributed by atoms with Gasteiger partial charge in [0.2, 0.25) is 0 Å². The molecule has 0 radical (unpaired) electrons. The van der Waals surface area contributed by atoms with Crippen molar-refractivity contribution < 1.29 is 19.1 Å². The molecule has 1 fully saturated rings. The van der Waals surface area contributed by atoms with Crippen LogP contribution in [0.5, 0.6) is 5.75 Å². The van der Waals surface area contributed by atoms with Gasteiger partial charge in [-0.1, -0.05) is 23.7 Å². The fourth-order valence-corrected chi connectivity index (χ4v) is 4.87. The molecule has 1 saturated heterocycles. The molecule has 39 heavy (non-hydrogen) atoms. The third-order valence-corrected chi connectivity index (χ3v) is 7.23. The molecule has 0 unspecified atom stereocenters. The summed E-state index contributed by atoms with van der Waals surface area (Å²) < 4.78 is 5.19. The molecule has 0 aromatic heterocycles. The van der Waals surface area contributed by atoms with E-state index in [1.54, 1.807) is 72.7 Å². The first kappa shape index (κ1) is 28.0. The third kappa shape index (κ3) is 6.34. The van der Waals surface area contributed by atoms with Gasteiger partial charge in [0.25, 0.3) is 17.7 Å². The van der Waals surface area contributed by atoms with E-state index in [-0.39, 0.29) is 17.7 Å². The maximum absolute atomic E-state index is 13.5. The molecule has 9 heteroatoms. The number of anilines is 2. The van der Waals surface area contributed by atoms with Crippen molar-refractivity contribution in [1.82, 2.24) is 9.80 Å². The van der Waals surface area contributed by atoms with Gasteiger partial charge in [-0.2, -0.15) is 0 Å². The number of carbonyl (C=O) groups excluding carboxylic acids is 3. The van der Waals surface area contributed by atoms with E-state index in [1.165, 1.54) is 0 Å². The summed E-state index contributed by atoms with van der Waals surface area (Å²) in [5.74, 6) is 0.212. The van der Waals surface area contributed by atoms with Gasteiger partial charge in [0.1, 0.15) is 5.75 Å². The Morgan fingerprint density at radius 3 is 2.18 bits per heavy atom. The number of piperazine rings is 1. The summed E-state index contributed by atoms with van der Waals surface area (Å²) in [5, 5.41) is 3.23. The Labute approximate surface area is 234 Å².